The zero-order chi connectivity index (χ0) is 15.8. The Labute approximate surface area is 129 Å². The molecule has 0 aliphatic heterocycles. The number of amides is 1. The van der Waals surface area contributed by atoms with Gasteiger partial charge < -0.3 is 10.1 Å². The van der Waals surface area contributed by atoms with E-state index >= 15 is 0 Å². The second-order valence-electron chi connectivity index (χ2n) is 4.69. The summed E-state index contributed by atoms with van der Waals surface area (Å²) in [6, 6.07) is 13.3. The van der Waals surface area contributed by atoms with E-state index in [0.29, 0.717) is 11.3 Å². The topological polar surface area (TPSA) is 38.3 Å². The van der Waals surface area contributed by atoms with E-state index in [4.69, 9.17) is 4.74 Å². The predicted octanol–water partition coefficient (Wildman–Crippen LogP) is 2.68. The fourth-order valence-corrected chi connectivity index (χ4v) is 1.66. The number of hydrogen-bond acceptors (Lipinski definition) is 2. The number of rotatable bonds is 4. The molecule has 2 aromatic carbocycles. The fourth-order valence-electron chi connectivity index (χ4n) is 1.66. The molecule has 0 atom stereocenters. The van der Waals surface area contributed by atoms with Gasteiger partial charge >= 0.3 is 0 Å². The molecule has 0 heterocycles. The number of carbonyl (C=O) groups is 1. The lowest BCUT2D eigenvalue weighted by Gasteiger charge is -2.05. The molecule has 0 saturated heterocycles. The highest BCUT2D eigenvalue weighted by Gasteiger charge is 2.00. The standard InChI is InChI=1S/C18H16FNO2/c1-14-4-10-17(11-5-14)22-13-18(21)20-12-2-3-15-6-8-16(19)9-7-15/h4-11H,12-13H2,1H3,(H,20,21). The van der Waals surface area contributed by atoms with Crippen LogP contribution in [-0.4, -0.2) is 19.1 Å². The zero-order valence-corrected chi connectivity index (χ0v) is 12.2. The van der Waals surface area contributed by atoms with E-state index in [9.17, 15) is 9.18 Å². The third-order valence-corrected chi connectivity index (χ3v) is 2.84. The van der Waals surface area contributed by atoms with Crippen LogP contribution in [0.5, 0.6) is 5.75 Å². The summed E-state index contributed by atoms with van der Waals surface area (Å²) in [6.07, 6.45) is 0. The van der Waals surface area contributed by atoms with Gasteiger partial charge in [0.1, 0.15) is 11.6 Å². The Morgan fingerprint density at radius 1 is 1.14 bits per heavy atom. The van der Waals surface area contributed by atoms with Crippen molar-refractivity contribution in [3.63, 3.8) is 0 Å². The number of ether oxygens (including phenoxy) is 1. The number of nitrogens with one attached hydrogen (secondary N) is 1. The van der Waals surface area contributed by atoms with Gasteiger partial charge in [0, 0.05) is 5.56 Å². The quantitative estimate of drug-likeness (QED) is 0.881. The summed E-state index contributed by atoms with van der Waals surface area (Å²) in [6.45, 7) is 2.14. The monoisotopic (exact) mass is 297 g/mol. The zero-order valence-electron chi connectivity index (χ0n) is 12.2. The molecule has 4 heteroatoms. The summed E-state index contributed by atoms with van der Waals surface area (Å²) < 4.78 is 18.1. The Hall–Kier alpha value is -2.80. The molecule has 0 aliphatic carbocycles. The molecule has 0 bridgehead atoms. The summed E-state index contributed by atoms with van der Waals surface area (Å²) >= 11 is 0. The fraction of sp³-hybridized carbons (Fsp3) is 0.167. The maximum Gasteiger partial charge on any atom is 0.258 e. The molecule has 2 aromatic rings. The van der Waals surface area contributed by atoms with Crippen molar-refractivity contribution in [1.29, 1.82) is 0 Å². The Balaban J connectivity index is 1.72. The van der Waals surface area contributed by atoms with Crippen molar-refractivity contribution < 1.29 is 13.9 Å². The highest BCUT2D eigenvalue weighted by Crippen LogP contribution is 2.10. The molecule has 1 amide bonds. The molecule has 0 unspecified atom stereocenters. The van der Waals surface area contributed by atoms with Crippen LogP contribution < -0.4 is 10.1 Å². The first-order valence-corrected chi connectivity index (χ1v) is 6.84. The SMILES string of the molecule is Cc1ccc(OCC(=O)NCC#Cc2ccc(F)cc2)cc1. The minimum atomic E-state index is -0.299. The van der Waals surface area contributed by atoms with E-state index < -0.39 is 0 Å². The number of hydrogen-bond donors (Lipinski definition) is 1. The first-order chi connectivity index (χ1) is 10.6. The summed E-state index contributed by atoms with van der Waals surface area (Å²) in [5.41, 5.74) is 1.83. The minimum Gasteiger partial charge on any atom is -0.484 e. The number of halogens is 1. The molecule has 0 aliphatic rings. The van der Waals surface area contributed by atoms with E-state index in [1.807, 2.05) is 31.2 Å². The van der Waals surface area contributed by atoms with Crippen LogP contribution in [0.4, 0.5) is 4.39 Å². The summed E-state index contributed by atoms with van der Waals surface area (Å²) in [5.74, 6) is 5.74. The van der Waals surface area contributed by atoms with E-state index in [0.717, 1.165) is 5.56 Å². The van der Waals surface area contributed by atoms with Crippen LogP contribution in [0.2, 0.25) is 0 Å². The summed E-state index contributed by atoms with van der Waals surface area (Å²) in [7, 11) is 0. The van der Waals surface area contributed by atoms with Gasteiger partial charge in [0.2, 0.25) is 0 Å². The Morgan fingerprint density at radius 2 is 1.82 bits per heavy atom. The Bertz CT molecular complexity index is 682. The molecule has 0 fully saturated rings. The molecule has 3 nitrogen and oxygen atoms in total. The van der Waals surface area contributed by atoms with Crippen molar-refractivity contribution in [2.45, 2.75) is 6.92 Å². The second kappa shape index (κ2) is 7.84. The van der Waals surface area contributed by atoms with Gasteiger partial charge in [0.05, 0.1) is 6.54 Å². The van der Waals surface area contributed by atoms with Gasteiger partial charge in [0.15, 0.2) is 6.61 Å². The summed E-state index contributed by atoms with van der Waals surface area (Å²) in [5, 5.41) is 2.63. The lowest BCUT2D eigenvalue weighted by Crippen LogP contribution is -2.29. The molecule has 112 valence electrons. The molecular formula is C18H16FNO2. The number of aryl methyl sites for hydroxylation is 1. The molecule has 0 aromatic heterocycles. The largest absolute Gasteiger partial charge is 0.484 e. The smallest absolute Gasteiger partial charge is 0.258 e. The van der Waals surface area contributed by atoms with Crippen molar-refractivity contribution in [2.75, 3.05) is 13.2 Å². The second-order valence-corrected chi connectivity index (χ2v) is 4.69. The van der Waals surface area contributed by atoms with Crippen molar-refractivity contribution in [3.05, 3.63) is 65.5 Å². The molecular weight excluding hydrogens is 281 g/mol. The maximum absolute atomic E-state index is 12.7. The van der Waals surface area contributed by atoms with E-state index in [2.05, 4.69) is 17.2 Å². The maximum atomic E-state index is 12.7. The van der Waals surface area contributed by atoms with Crippen LogP contribution in [0.25, 0.3) is 0 Å². The van der Waals surface area contributed by atoms with Crippen molar-refractivity contribution in [2.24, 2.45) is 0 Å². The Morgan fingerprint density at radius 3 is 2.50 bits per heavy atom. The molecule has 0 radical (unpaired) electrons. The van der Waals surface area contributed by atoms with Crippen LogP contribution >= 0.6 is 0 Å². The van der Waals surface area contributed by atoms with Gasteiger partial charge in [-0.15, -0.1) is 0 Å². The van der Waals surface area contributed by atoms with Gasteiger partial charge in [-0.25, -0.2) is 4.39 Å². The lowest BCUT2D eigenvalue weighted by molar-refractivity contribution is -0.122. The van der Waals surface area contributed by atoms with Crippen LogP contribution in [0.15, 0.2) is 48.5 Å². The first kappa shape index (κ1) is 15.6. The van der Waals surface area contributed by atoms with Crippen molar-refractivity contribution in [1.82, 2.24) is 5.32 Å². The third-order valence-electron chi connectivity index (χ3n) is 2.84. The third kappa shape index (κ3) is 5.29. The highest BCUT2D eigenvalue weighted by atomic mass is 19.1. The van der Waals surface area contributed by atoms with Crippen LogP contribution in [0, 0.1) is 24.6 Å². The van der Waals surface area contributed by atoms with Gasteiger partial charge in [-0.05, 0) is 43.3 Å². The average molecular weight is 297 g/mol. The van der Waals surface area contributed by atoms with Gasteiger partial charge in [0.25, 0.3) is 5.91 Å². The van der Waals surface area contributed by atoms with Crippen LogP contribution in [0.1, 0.15) is 11.1 Å². The Kier molecular flexibility index (Phi) is 5.56. The first-order valence-electron chi connectivity index (χ1n) is 6.84. The number of carbonyl (C=O) groups excluding carboxylic acids is 1. The molecule has 22 heavy (non-hydrogen) atoms. The van der Waals surface area contributed by atoms with Crippen molar-refractivity contribution in [3.8, 4) is 17.6 Å². The molecule has 0 spiro atoms. The number of benzene rings is 2. The van der Waals surface area contributed by atoms with Gasteiger partial charge in [-0.3, -0.25) is 4.79 Å². The van der Waals surface area contributed by atoms with E-state index in [1.165, 1.54) is 12.1 Å². The highest BCUT2D eigenvalue weighted by molar-refractivity contribution is 5.77. The van der Waals surface area contributed by atoms with E-state index in [-0.39, 0.29) is 24.9 Å². The average Bonchev–Trinajstić information content (AvgIpc) is 2.53. The normalized spacial score (nSPS) is 9.55. The van der Waals surface area contributed by atoms with Crippen molar-refractivity contribution >= 4 is 5.91 Å². The van der Waals surface area contributed by atoms with Crippen LogP contribution in [-0.2, 0) is 4.79 Å². The van der Waals surface area contributed by atoms with Gasteiger partial charge in [-0.2, -0.15) is 0 Å². The summed E-state index contributed by atoms with van der Waals surface area (Å²) in [4.78, 5) is 11.6. The molecule has 2 rings (SSSR count). The van der Waals surface area contributed by atoms with Crippen LogP contribution in [0.3, 0.4) is 0 Å². The molecule has 0 saturated carbocycles. The minimum absolute atomic E-state index is 0.0543. The van der Waals surface area contributed by atoms with Gasteiger partial charge in [-0.1, -0.05) is 29.5 Å². The molecule has 1 N–H and O–H groups in total. The lowest BCUT2D eigenvalue weighted by atomic mass is 10.2. The van der Waals surface area contributed by atoms with E-state index in [1.54, 1.807) is 12.1 Å². The predicted molar refractivity (Wildman–Crippen MR) is 83.0 cm³/mol.